The molecule has 2 N–H and O–H groups in total. The van der Waals surface area contributed by atoms with Gasteiger partial charge in [-0.05, 0) is 17.7 Å². The third kappa shape index (κ3) is 7.33. The van der Waals surface area contributed by atoms with Gasteiger partial charge in [-0.25, -0.2) is 9.59 Å². The van der Waals surface area contributed by atoms with Gasteiger partial charge in [0.2, 0.25) is 0 Å². The molecule has 6 nitrogen and oxygen atoms in total. The highest BCUT2D eigenvalue weighted by Crippen LogP contribution is 2.15. The summed E-state index contributed by atoms with van der Waals surface area (Å²) in [4.78, 5) is 23.2. The molecule has 0 atom stereocenters. The van der Waals surface area contributed by atoms with Crippen LogP contribution in [0, 0.1) is 0 Å². The standard InChI is InChI=1S/C19H22N2.C2H2O4/c1-3-8-18(9-4-1)10-7-13-20-14-16-21(17-15-20)19-11-5-2-6-12-19;3-1(4)2(5)6/h1-12H,13-17H2;(H,3,4)(H,5,6)/b10-7+;. The zero-order valence-electron chi connectivity index (χ0n) is 15.1. The molecular weight excluding hydrogens is 344 g/mol. The molecule has 0 aromatic heterocycles. The number of hydrogen-bond acceptors (Lipinski definition) is 4. The Morgan fingerprint density at radius 1 is 0.815 bits per heavy atom. The monoisotopic (exact) mass is 368 g/mol. The maximum absolute atomic E-state index is 9.10. The van der Waals surface area contributed by atoms with Crippen LogP contribution in [0.1, 0.15) is 5.56 Å². The van der Waals surface area contributed by atoms with E-state index in [4.69, 9.17) is 19.8 Å². The van der Waals surface area contributed by atoms with Crippen LogP contribution >= 0.6 is 0 Å². The summed E-state index contributed by atoms with van der Waals surface area (Å²) >= 11 is 0. The van der Waals surface area contributed by atoms with Gasteiger partial charge >= 0.3 is 11.9 Å². The number of para-hydroxylation sites is 1. The van der Waals surface area contributed by atoms with Crippen molar-refractivity contribution in [3.63, 3.8) is 0 Å². The van der Waals surface area contributed by atoms with Gasteiger partial charge in [-0.2, -0.15) is 0 Å². The van der Waals surface area contributed by atoms with Gasteiger partial charge in [0.15, 0.2) is 0 Å². The molecule has 0 radical (unpaired) electrons. The third-order valence-electron chi connectivity index (χ3n) is 4.15. The van der Waals surface area contributed by atoms with Gasteiger partial charge in [0, 0.05) is 38.4 Å². The molecule has 142 valence electrons. The van der Waals surface area contributed by atoms with Crippen molar-refractivity contribution in [2.24, 2.45) is 0 Å². The van der Waals surface area contributed by atoms with Crippen LogP contribution < -0.4 is 4.90 Å². The van der Waals surface area contributed by atoms with Crippen molar-refractivity contribution >= 4 is 23.7 Å². The summed E-state index contributed by atoms with van der Waals surface area (Å²) in [5.41, 5.74) is 2.62. The number of nitrogens with zero attached hydrogens (tertiary/aromatic N) is 2. The van der Waals surface area contributed by atoms with E-state index >= 15 is 0 Å². The van der Waals surface area contributed by atoms with Gasteiger partial charge in [0.25, 0.3) is 0 Å². The van der Waals surface area contributed by atoms with E-state index in [0.717, 1.165) is 32.7 Å². The van der Waals surface area contributed by atoms with Crippen molar-refractivity contribution in [2.45, 2.75) is 0 Å². The number of piperazine rings is 1. The average Bonchev–Trinajstić information content (AvgIpc) is 2.70. The van der Waals surface area contributed by atoms with E-state index in [1.165, 1.54) is 11.3 Å². The normalized spacial score (nSPS) is 14.4. The maximum Gasteiger partial charge on any atom is 0.414 e. The van der Waals surface area contributed by atoms with Crippen LogP contribution in [0.25, 0.3) is 6.08 Å². The van der Waals surface area contributed by atoms with E-state index in [1.54, 1.807) is 0 Å². The summed E-state index contributed by atoms with van der Waals surface area (Å²) in [6, 6.07) is 21.2. The van der Waals surface area contributed by atoms with Gasteiger partial charge in [-0.3, -0.25) is 4.90 Å². The molecule has 0 saturated carbocycles. The molecule has 0 spiro atoms. The molecule has 2 aromatic rings. The minimum atomic E-state index is -1.82. The first-order chi connectivity index (χ1) is 13.1. The van der Waals surface area contributed by atoms with E-state index in [2.05, 4.69) is 82.6 Å². The summed E-state index contributed by atoms with van der Waals surface area (Å²) in [6.07, 6.45) is 4.48. The summed E-state index contributed by atoms with van der Waals surface area (Å²) in [5, 5.41) is 14.8. The van der Waals surface area contributed by atoms with Crippen LogP contribution in [0.2, 0.25) is 0 Å². The van der Waals surface area contributed by atoms with Gasteiger partial charge in [0.05, 0.1) is 0 Å². The Balaban J connectivity index is 0.000000380. The van der Waals surface area contributed by atoms with Crippen molar-refractivity contribution in [1.82, 2.24) is 4.90 Å². The number of benzene rings is 2. The van der Waals surface area contributed by atoms with Crippen molar-refractivity contribution < 1.29 is 19.8 Å². The Bertz CT molecular complexity index is 727. The first-order valence-electron chi connectivity index (χ1n) is 8.76. The molecule has 0 bridgehead atoms. The third-order valence-corrected chi connectivity index (χ3v) is 4.15. The van der Waals surface area contributed by atoms with Crippen LogP contribution in [0.4, 0.5) is 5.69 Å². The minimum absolute atomic E-state index is 1.04. The zero-order chi connectivity index (χ0) is 19.5. The second kappa shape index (κ2) is 10.8. The molecule has 1 heterocycles. The Kier molecular flexibility index (Phi) is 8.06. The Morgan fingerprint density at radius 2 is 1.33 bits per heavy atom. The summed E-state index contributed by atoms with van der Waals surface area (Å²) < 4.78 is 0. The van der Waals surface area contributed by atoms with Crippen LogP contribution in [-0.2, 0) is 9.59 Å². The van der Waals surface area contributed by atoms with Crippen molar-refractivity contribution in [1.29, 1.82) is 0 Å². The summed E-state index contributed by atoms with van der Waals surface area (Å²) in [5.74, 6) is -3.65. The topological polar surface area (TPSA) is 81.1 Å². The van der Waals surface area contributed by atoms with Crippen LogP contribution in [0.5, 0.6) is 0 Å². The zero-order valence-corrected chi connectivity index (χ0v) is 15.1. The Labute approximate surface area is 159 Å². The summed E-state index contributed by atoms with van der Waals surface area (Å²) in [6.45, 7) is 5.53. The number of carboxylic acid groups (broad SMARTS) is 2. The smallest absolute Gasteiger partial charge is 0.414 e. The molecule has 0 unspecified atom stereocenters. The molecular formula is C21H24N2O4. The molecule has 3 rings (SSSR count). The fraction of sp³-hybridized carbons (Fsp3) is 0.238. The number of aliphatic carboxylic acids is 2. The molecule has 6 heteroatoms. The molecule has 1 aliphatic heterocycles. The second-order valence-corrected chi connectivity index (χ2v) is 6.05. The fourth-order valence-corrected chi connectivity index (χ4v) is 2.73. The lowest BCUT2D eigenvalue weighted by Gasteiger charge is -2.35. The number of carbonyl (C=O) groups is 2. The minimum Gasteiger partial charge on any atom is -0.473 e. The molecule has 1 aliphatic rings. The van der Waals surface area contributed by atoms with Crippen LogP contribution in [0.15, 0.2) is 66.7 Å². The lowest BCUT2D eigenvalue weighted by Crippen LogP contribution is -2.46. The van der Waals surface area contributed by atoms with E-state index < -0.39 is 11.9 Å². The fourth-order valence-electron chi connectivity index (χ4n) is 2.73. The number of anilines is 1. The quantitative estimate of drug-likeness (QED) is 0.808. The lowest BCUT2D eigenvalue weighted by molar-refractivity contribution is -0.159. The average molecular weight is 368 g/mol. The van der Waals surface area contributed by atoms with Crippen molar-refractivity contribution in [3.8, 4) is 0 Å². The Hall–Kier alpha value is -3.12. The maximum atomic E-state index is 9.10. The van der Waals surface area contributed by atoms with Gasteiger partial charge in [-0.1, -0.05) is 60.7 Å². The van der Waals surface area contributed by atoms with E-state index in [0.29, 0.717) is 0 Å². The number of rotatable bonds is 4. The SMILES string of the molecule is C(=C\c1ccccc1)/CN1CCN(c2ccccc2)CC1.O=C(O)C(=O)O. The van der Waals surface area contributed by atoms with Gasteiger partial charge in [0.1, 0.15) is 0 Å². The van der Waals surface area contributed by atoms with Crippen molar-refractivity contribution in [2.75, 3.05) is 37.6 Å². The van der Waals surface area contributed by atoms with Gasteiger partial charge in [-0.15, -0.1) is 0 Å². The largest absolute Gasteiger partial charge is 0.473 e. The molecule has 0 amide bonds. The van der Waals surface area contributed by atoms with E-state index in [9.17, 15) is 0 Å². The lowest BCUT2D eigenvalue weighted by atomic mass is 10.2. The molecule has 0 aliphatic carbocycles. The second-order valence-electron chi connectivity index (χ2n) is 6.05. The van der Waals surface area contributed by atoms with Gasteiger partial charge < -0.3 is 15.1 Å². The predicted octanol–water partition coefficient (Wildman–Crippen LogP) is 2.68. The number of hydrogen-bond donors (Lipinski definition) is 2. The molecule has 2 aromatic carbocycles. The highest BCUT2D eigenvalue weighted by Gasteiger charge is 2.15. The molecule has 1 fully saturated rings. The summed E-state index contributed by atoms with van der Waals surface area (Å²) in [7, 11) is 0. The highest BCUT2D eigenvalue weighted by atomic mass is 16.4. The van der Waals surface area contributed by atoms with Crippen molar-refractivity contribution in [3.05, 3.63) is 72.3 Å². The predicted molar refractivity (Wildman–Crippen MR) is 106 cm³/mol. The van der Waals surface area contributed by atoms with Crippen LogP contribution in [-0.4, -0.2) is 59.8 Å². The molecule has 1 saturated heterocycles. The first-order valence-corrected chi connectivity index (χ1v) is 8.76. The first kappa shape index (κ1) is 20.2. The van der Waals surface area contributed by atoms with E-state index in [1.807, 2.05) is 0 Å². The number of carboxylic acids is 2. The Morgan fingerprint density at radius 3 is 1.85 bits per heavy atom. The van der Waals surface area contributed by atoms with Crippen LogP contribution in [0.3, 0.4) is 0 Å². The van der Waals surface area contributed by atoms with E-state index in [-0.39, 0.29) is 0 Å². The molecule has 27 heavy (non-hydrogen) atoms. The highest BCUT2D eigenvalue weighted by molar-refractivity contribution is 6.27.